The van der Waals surface area contributed by atoms with Crippen LogP contribution in [-0.4, -0.2) is 32.7 Å². The van der Waals surface area contributed by atoms with Crippen molar-refractivity contribution in [2.75, 3.05) is 16.8 Å². The molecule has 8 heteroatoms. The molecule has 0 radical (unpaired) electrons. The van der Waals surface area contributed by atoms with Crippen molar-refractivity contribution in [3.8, 4) is 0 Å². The van der Waals surface area contributed by atoms with Crippen LogP contribution in [0.4, 0.5) is 17.6 Å². The number of carbonyl (C=O) groups excluding carboxylic acids is 1. The first-order valence-electron chi connectivity index (χ1n) is 8.80. The van der Waals surface area contributed by atoms with Crippen LogP contribution in [0.25, 0.3) is 0 Å². The molecule has 4 N–H and O–H groups in total. The fraction of sp³-hybridized carbons (Fsp3) is 0.444. The van der Waals surface area contributed by atoms with Crippen LogP contribution < -0.4 is 16.4 Å². The van der Waals surface area contributed by atoms with Gasteiger partial charge in [0.2, 0.25) is 17.8 Å². The fourth-order valence-corrected chi connectivity index (χ4v) is 3.65. The van der Waals surface area contributed by atoms with E-state index in [0.717, 1.165) is 24.1 Å². The quantitative estimate of drug-likeness (QED) is 0.686. The number of nitrogens with one attached hydrogen (secondary N) is 2. The van der Waals surface area contributed by atoms with Gasteiger partial charge in [-0.15, -0.1) is 11.8 Å². The average Bonchev–Trinajstić information content (AvgIpc) is 3.09. The second-order valence-electron chi connectivity index (χ2n) is 6.42. The number of aromatic nitrogens is 3. The Balaban J connectivity index is 1.54. The highest BCUT2D eigenvalue weighted by Crippen LogP contribution is 2.20. The first-order chi connectivity index (χ1) is 12.6. The van der Waals surface area contributed by atoms with Gasteiger partial charge in [-0.3, -0.25) is 4.79 Å². The lowest BCUT2D eigenvalue weighted by atomic mass is 10.2. The number of rotatable bonds is 7. The van der Waals surface area contributed by atoms with E-state index in [9.17, 15) is 4.79 Å². The number of amides is 1. The summed E-state index contributed by atoms with van der Waals surface area (Å²) in [5, 5.41) is 6.25. The second-order valence-corrected chi connectivity index (χ2v) is 7.40. The van der Waals surface area contributed by atoms with Crippen molar-refractivity contribution in [3.05, 3.63) is 35.7 Å². The lowest BCUT2D eigenvalue weighted by molar-refractivity contribution is -0.119. The smallest absolute Gasteiger partial charge is 0.232 e. The summed E-state index contributed by atoms with van der Waals surface area (Å²) in [6.07, 6.45) is 4.60. The topological polar surface area (TPSA) is 106 Å². The Hall–Kier alpha value is -2.35. The summed E-state index contributed by atoms with van der Waals surface area (Å²) in [6.45, 7) is 2.01. The number of thioether (sulfide) groups is 1. The van der Waals surface area contributed by atoms with Crippen LogP contribution in [0.3, 0.4) is 0 Å². The Morgan fingerprint density at radius 3 is 2.77 bits per heavy atom. The number of hydrogen-bond acceptors (Lipinski definition) is 7. The van der Waals surface area contributed by atoms with Crippen LogP contribution in [0, 0.1) is 6.92 Å². The Labute approximate surface area is 157 Å². The highest BCUT2D eigenvalue weighted by atomic mass is 32.2. The molecule has 3 rings (SSSR count). The normalized spacial score (nSPS) is 14.3. The van der Waals surface area contributed by atoms with Gasteiger partial charge >= 0.3 is 0 Å². The van der Waals surface area contributed by atoms with Crippen molar-refractivity contribution in [3.63, 3.8) is 0 Å². The Kier molecular flexibility index (Phi) is 6.27. The molecule has 1 fully saturated rings. The number of nitrogen functional groups attached to an aromatic ring is 1. The number of anilines is 3. The van der Waals surface area contributed by atoms with E-state index in [1.165, 1.54) is 24.6 Å². The minimum atomic E-state index is 0.0715. The van der Waals surface area contributed by atoms with Crippen molar-refractivity contribution in [1.82, 2.24) is 20.3 Å². The number of benzene rings is 1. The molecule has 0 unspecified atom stereocenters. The van der Waals surface area contributed by atoms with Gasteiger partial charge in [-0.2, -0.15) is 15.0 Å². The summed E-state index contributed by atoms with van der Waals surface area (Å²) in [5.74, 6) is 2.12. The number of hydrogen-bond donors (Lipinski definition) is 3. The van der Waals surface area contributed by atoms with Crippen molar-refractivity contribution in [2.24, 2.45) is 0 Å². The molecule has 1 aliphatic carbocycles. The molecular weight excluding hydrogens is 348 g/mol. The van der Waals surface area contributed by atoms with Crippen molar-refractivity contribution >= 4 is 35.3 Å². The van der Waals surface area contributed by atoms with Crippen LogP contribution in [0.2, 0.25) is 0 Å². The first kappa shape index (κ1) is 18.4. The van der Waals surface area contributed by atoms with E-state index in [4.69, 9.17) is 5.73 Å². The molecule has 0 bridgehead atoms. The summed E-state index contributed by atoms with van der Waals surface area (Å²) >= 11 is 1.48. The van der Waals surface area contributed by atoms with Gasteiger partial charge < -0.3 is 16.4 Å². The maximum Gasteiger partial charge on any atom is 0.232 e. The van der Waals surface area contributed by atoms with E-state index in [-0.39, 0.29) is 11.9 Å². The first-order valence-corrected chi connectivity index (χ1v) is 9.96. The molecule has 1 saturated carbocycles. The summed E-state index contributed by atoms with van der Waals surface area (Å²) in [5.41, 5.74) is 7.81. The third-order valence-electron chi connectivity index (χ3n) is 4.28. The number of nitrogens with zero attached hydrogens (tertiary/aromatic N) is 3. The van der Waals surface area contributed by atoms with Gasteiger partial charge in [0.05, 0.1) is 11.5 Å². The molecule has 1 amide bonds. The van der Waals surface area contributed by atoms with Gasteiger partial charge in [0, 0.05) is 11.7 Å². The fourth-order valence-electron chi connectivity index (χ4n) is 2.97. The monoisotopic (exact) mass is 372 g/mol. The van der Waals surface area contributed by atoms with E-state index in [2.05, 4.69) is 25.6 Å². The van der Waals surface area contributed by atoms with Gasteiger partial charge in [0.1, 0.15) is 5.82 Å². The molecule has 7 nitrogen and oxygen atoms in total. The van der Waals surface area contributed by atoms with Crippen LogP contribution in [0.5, 0.6) is 0 Å². The second kappa shape index (κ2) is 8.84. The molecule has 26 heavy (non-hydrogen) atoms. The molecule has 0 atom stereocenters. The van der Waals surface area contributed by atoms with E-state index in [1.807, 2.05) is 31.2 Å². The molecule has 138 valence electrons. The molecule has 1 heterocycles. The van der Waals surface area contributed by atoms with Crippen molar-refractivity contribution in [2.45, 2.75) is 44.4 Å². The maximum atomic E-state index is 12.0. The van der Waals surface area contributed by atoms with Gasteiger partial charge in [0.15, 0.2) is 0 Å². The Morgan fingerprint density at radius 2 is 2.00 bits per heavy atom. The largest absolute Gasteiger partial charge is 0.368 e. The standard InChI is InChI=1S/C18H24N6OS/c1-12-6-2-5-9-14(12)21-18-23-15(22-17(19)24-18)10-26-11-16(25)20-13-7-3-4-8-13/h2,5-6,9,13H,3-4,7-8,10-11H2,1H3,(H,20,25)(H3,19,21,22,23,24). The van der Waals surface area contributed by atoms with Crippen LogP contribution in [0.15, 0.2) is 24.3 Å². The average molecular weight is 372 g/mol. The number of para-hydroxylation sites is 1. The molecular formula is C18H24N6OS. The van der Waals surface area contributed by atoms with E-state index in [0.29, 0.717) is 29.3 Å². The highest BCUT2D eigenvalue weighted by molar-refractivity contribution is 7.99. The van der Waals surface area contributed by atoms with Gasteiger partial charge in [-0.05, 0) is 31.4 Å². The molecule has 1 aromatic carbocycles. The summed E-state index contributed by atoms with van der Waals surface area (Å²) < 4.78 is 0. The third kappa shape index (κ3) is 5.32. The molecule has 1 aromatic heterocycles. The number of nitrogens with two attached hydrogens (primary N) is 1. The zero-order chi connectivity index (χ0) is 18.4. The molecule has 0 aliphatic heterocycles. The molecule has 2 aromatic rings. The van der Waals surface area contributed by atoms with E-state index < -0.39 is 0 Å². The zero-order valence-electron chi connectivity index (χ0n) is 14.9. The Morgan fingerprint density at radius 1 is 1.23 bits per heavy atom. The van der Waals surface area contributed by atoms with Crippen LogP contribution >= 0.6 is 11.8 Å². The highest BCUT2D eigenvalue weighted by Gasteiger charge is 2.17. The summed E-state index contributed by atoms with van der Waals surface area (Å²) in [7, 11) is 0. The SMILES string of the molecule is Cc1ccccc1Nc1nc(N)nc(CSCC(=O)NC2CCCC2)n1. The van der Waals surface area contributed by atoms with E-state index in [1.54, 1.807) is 0 Å². The molecule has 0 saturated heterocycles. The van der Waals surface area contributed by atoms with Crippen molar-refractivity contribution < 1.29 is 4.79 Å². The molecule has 1 aliphatic rings. The number of carbonyl (C=O) groups is 1. The molecule has 0 spiro atoms. The van der Waals surface area contributed by atoms with Crippen molar-refractivity contribution in [1.29, 1.82) is 0 Å². The van der Waals surface area contributed by atoms with Gasteiger partial charge in [-0.1, -0.05) is 31.0 Å². The van der Waals surface area contributed by atoms with Crippen LogP contribution in [0.1, 0.15) is 37.1 Å². The maximum absolute atomic E-state index is 12.0. The predicted molar refractivity (Wildman–Crippen MR) is 105 cm³/mol. The van der Waals surface area contributed by atoms with E-state index >= 15 is 0 Å². The third-order valence-corrected chi connectivity index (χ3v) is 5.20. The predicted octanol–water partition coefficient (Wildman–Crippen LogP) is 2.80. The Bertz CT molecular complexity index is 763. The lowest BCUT2D eigenvalue weighted by Gasteiger charge is -2.11. The summed E-state index contributed by atoms with van der Waals surface area (Å²) in [4.78, 5) is 24.7. The minimum absolute atomic E-state index is 0.0715. The lowest BCUT2D eigenvalue weighted by Crippen LogP contribution is -2.33. The minimum Gasteiger partial charge on any atom is -0.368 e. The van der Waals surface area contributed by atoms with Crippen LogP contribution in [-0.2, 0) is 10.5 Å². The zero-order valence-corrected chi connectivity index (χ0v) is 15.7. The summed E-state index contributed by atoms with van der Waals surface area (Å²) in [6, 6.07) is 8.23. The van der Waals surface area contributed by atoms with Gasteiger partial charge in [0.25, 0.3) is 0 Å². The van der Waals surface area contributed by atoms with Gasteiger partial charge in [-0.25, -0.2) is 0 Å². The number of aryl methyl sites for hydroxylation is 1.